The van der Waals surface area contributed by atoms with Crippen molar-refractivity contribution in [1.82, 2.24) is 4.98 Å². The van der Waals surface area contributed by atoms with Crippen LogP contribution in [0.25, 0.3) is 0 Å². The van der Waals surface area contributed by atoms with Crippen molar-refractivity contribution >= 4 is 28.2 Å². The molecule has 1 saturated heterocycles. The van der Waals surface area contributed by atoms with Crippen molar-refractivity contribution in [3.8, 4) is 0 Å². The summed E-state index contributed by atoms with van der Waals surface area (Å²) in [6.45, 7) is 2.89. The van der Waals surface area contributed by atoms with Gasteiger partial charge in [0.2, 0.25) is 0 Å². The highest BCUT2D eigenvalue weighted by atomic mass is 32.1. The van der Waals surface area contributed by atoms with Crippen LogP contribution in [0.5, 0.6) is 0 Å². The molecular weight excluding hydrogens is 442 g/mol. The second kappa shape index (κ2) is 9.41. The number of ether oxygens (including phenoxy) is 1. The molecule has 3 aromatic rings. The maximum Gasteiger partial charge on any atom is 0.414 e. The van der Waals surface area contributed by atoms with Crippen molar-refractivity contribution in [2.24, 2.45) is 0 Å². The van der Waals surface area contributed by atoms with Crippen LogP contribution >= 0.6 is 11.3 Å². The molecule has 0 bridgehead atoms. The van der Waals surface area contributed by atoms with E-state index in [1.807, 2.05) is 12.3 Å². The topological polar surface area (TPSA) is 45.7 Å². The fourth-order valence-electron chi connectivity index (χ4n) is 5.57. The summed E-state index contributed by atoms with van der Waals surface area (Å²) in [6.07, 6.45) is 10.6. The van der Waals surface area contributed by atoms with E-state index in [4.69, 9.17) is 9.72 Å². The van der Waals surface area contributed by atoms with E-state index >= 15 is 0 Å². The predicted octanol–water partition coefficient (Wildman–Crippen LogP) is 6.30. The van der Waals surface area contributed by atoms with E-state index in [9.17, 15) is 4.79 Å². The first kappa shape index (κ1) is 21.7. The number of hydrogen-bond acceptors (Lipinski definition) is 5. The van der Waals surface area contributed by atoms with Gasteiger partial charge in [0, 0.05) is 36.3 Å². The van der Waals surface area contributed by atoms with Gasteiger partial charge in [-0.1, -0.05) is 49.6 Å². The zero-order valence-electron chi connectivity index (χ0n) is 19.5. The highest BCUT2D eigenvalue weighted by Crippen LogP contribution is 2.34. The molecule has 176 valence electrons. The molecule has 3 aliphatic rings. The van der Waals surface area contributed by atoms with Gasteiger partial charge in [0.05, 0.1) is 6.54 Å². The Hall–Kier alpha value is -2.86. The molecule has 6 rings (SSSR count). The quantitative estimate of drug-likeness (QED) is 0.436. The van der Waals surface area contributed by atoms with E-state index in [1.165, 1.54) is 59.2 Å². The Bertz CT molecular complexity index is 1170. The maximum absolute atomic E-state index is 12.0. The summed E-state index contributed by atoms with van der Waals surface area (Å²) in [7, 11) is 0. The minimum atomic E-state index is -0.246. The summed E-state index contributed by atoms with van der Waals surface area (Å²) in [5, 5.41) is 1.09. The smallest absolute Gasteiger partial charge is 0.414 e. The fraction of sp³-hybridized carbons (Fsp3) is 0.429. The Morgan fingerprint density at radius 1 is 1.00 bits per heavy atom. The zero-order chi connectivity index (χ0) is 22.9. The summed E-state index contributed by atoms with van der Waals surface area (Å²) in [6, 6.07) is 15.7. The Labute approximate surface area is 205 Å². The average molecular weight is 474 g/mol. The number of fused-ring (bicyclic) bond motifs is 1. The molecule has 6 heteroatoms. The minimum Gasteiger partial charge on any atom is -0.447 e. The lowest BCUT2D eigenvalue weighted by Crippen LogP contribution is -2.31. The molecule has 0 N–H and O–H groups in total. The monoisotopic (exact) mass is 473 g/mol. The molecule has 34 heavy (non-hydrogen) atoms. The molecule has 1 aromatic heterocycles. The zero-order valence-corrected chi connectivity index (χ0v) is 20.4. The summed E-state index contributed by atoms with van der Waals surface area (Å²) < 4.78 is 5.11. The molecule has 0 atom stereocenters. The van der Waals surface area contributed by atoms with Crippen LogP contribution in [-0.2, 0) is 24.1 Å². The molecule has 0 radical (unpaired) electrons. The fourth-order valence-corrected chi connectivity index (χ4v) is 6.54. The van der Waals surface area contributed by atoms with Crippen molar-refractivity contribution in [2.45, 2.75) is 57.4 Å². The molecule has 0 spiro atoms. The van der Waals surface area contributed by atoms with Crippen LogP contribution in [0.4, 0.5) is 15.6 Å². The van der Waals surface area contributed by atoms with Gasteiger partial charge in [0.1, 0.15) is 6.61 Å². The van der Waals surface area contributed by atoms with E-state index in [0.29, 0.717) is 13.2 Å². The van der Waals surface area contributed by atoms with Gasteiger partial charge < -0.3 is 9.64 Å². The van der Waals surface area contributed by atoms with Crippen LogP contribution in [0.15, 0.2) is 48.7 Å². The van der Waals surface area contributed by atoms with E-state index < -0.39 is 0 Å². The Morgan fingerprint density at radius 3 is 2.65 bits per heavy atom. The summed E-state index contributed by atoms with van der Waals surface area (Å²) >= 11 is 1.80. The van der Waals surface area contributed by atoms with Crippen molar-refractivity contribution in [3.05, 3.63) is 75.8 Å². The first-order chi connectivity index (χ1) is 16.7. The molecule has 3 heterocycles. The largest absolute Gasteiger partial charge is 0.447 e. The van der Waals surface area contributed by atoms with Gasteiger partial charge in [-0.2, -0.15) is 0 Å². The summed E-state index contributed by atoms with van der Waals surface area (Å²) in [4.78, 5) is 22.1. The second-order valence-corrected chi connectivity index (χ2v) is 10.8. The number of anilines is 2. The number of thiazole rings is 1. The lowest BCUT2D eigenvalue weighted by molar-refractivity contribution is 0.181. The van der Waals surface area contributed by atoms with Crippen LogP contribution in [0, 0.1) is 0 Å². The number of hydrogen-bond donors (Lipinski definition) is 0. The Balaban J connectivity index is 1.12. The molecule has 5 nitrogen and oxygen atoms in total. The summed E-state index contributed by atoms with van der Waals surface area (Å²) in [5.74, 6) is 0.761. The SMILES string of the molecule is O=C1OCCN1c1ccc2c(c1)CN(c1ncc(Cc3ccc(C4CCCCC4)cc3)s1)CC2. The highest BCUT2D eigenvalue weighted by Gasteiger charge is 2.26. The van der Waals surface area contributed by atoms with Gasteiger partial charge in [-0.15, -0.1) is 11.3 Å². The maximum atomic E-state index is 12.0. The van der Waals surface area contributed by atoms with Gasteiger partial charge in [0.25, 0.3) is 0 Å². The molecule has 2 aromatic carbocycles. The van der Waals surface area contributed by atoms with Gasteiger partial charge >= 0.3 is 6.09 Å². The molecule has 1 saturated carbocycles. The number of aromatic nitrogens is 1. The first-order valence-corrected chi connectivity index (χ1v) is 13.4. The number of carbonyl (C=O) groups excluding carboxylic acids is 1. The number of nitrogens with zero attached hydrogens (tertiary/aromatic N) is 3. The van der Waals surface area contributed by atoms with E-state index in [0.717, 1.165) is 42.7 Å². The molecule has 0 unspecified atom stereocenters. The third-order valence-electron chi connectivity index (χ3n) is 7.52. The van der Waals surface area contributed by atoms with Gasteiger partial charge in [0.15, 0.2) is 5.13 Å². The standard InChI is InChI=1S/C28H31N3O2S/c32-28-31(14-15-33-28)25-11-10-23-12-13-30(19-24(23)17-25)27-29-18-26(34-27)16-20-6-8-22(9-7-20)21-4-2-1-3-5-21/h6-11,17-18,21H,1-5,12-16,19H2. The first-order valence-electron chi connectivity index (χ1n) is 12.6. The third-order valence-corrected chi connectivity index (χ3v) is 8.58. The van der Waals surface area contributed by atoms with Crippen LogP contribution in [0.3, 0.4) is 0 Å². The Morgan fingerprint density at radius 2 is 1.85 bits per heavy atom. The summed E-state index contributed by atoms with van der Waals surface area (Å²) in [5.41, 5.74) is 6.45. The lowest BCUT2D eigenvalue weighted by Gasteiger charge is -2.29. The van der Waals surface area contributed by atoms with Crippen LogP contribution in [0.2, 0.25) is 0 Å². The third kappa shape index (κ3) is 4.43. The van der Waals surface area contributed by atoms with Gasteiger partial charge in [-0.05, 0) is 59.6 Å². The molecular formula is C28H31N3O2S. The number of cyclic esters (lactones) is 1. The lowest BCUT2D eigenvalue weighted by atomic mass is 9.84. The normalized spacial score (nSPS) is 18.8. The minimum absolute atomic E-state index is 0.246. The van der Waals surface area contributed by atoms with Crippen LogP contribution in [-0.4, -0.2) is 30.8 Å². The van der Waals surface area contributed by atoms with E-state index in [2.05, 4.69) is 41.3 Å². The van der Waals surface area contributed by atoms with Crippen LogP contribution < -0.4 is 9.80 Å². The molecule has 1 aliphatic carbocycles. The van der Waals surface area contributed by atoms with Crippen molar-refractivity contribution in [1.29, 1.82) is 0 Å². The molecule has 2 aliphatic heterocycles. The second-order valence-electron chi connectivity index (χ2n) is 9.75. The van der Waals surface area contributed by atoms with Crippen molar-refractivity contribution in [3.63, 3.8) is 0 Å². The van der Waals surface area contributed by atoms with Crippen molar-refractivity contribution in [2.75, 3.05) is 29.5 Å². The molecule has 1 amide bonds. The average Bonchev–Trinajstić information content (AvgIpc) is 3.53. The van der Waals surface area contributed by atoms with Crippen molar-refractivity contribution < 1.29 is 9.53 Å². The number of benzene rings is 2. The molecule has 2 fully saturated rings. The van der Waals surface area contributed by atoms with Gasteiger partial charge in [-0.25, -0.2) is 9.78 Å². The number of rotatable bonds is 5. The van der Waals surface area contributed by atoms with Crippen LogP contribution in [0.1, 0.15) is 65.2 Å². The van der Waals surface area contributed by atoms with E-state index in [-0.39, 0.29) is 6.09 Å². The highest BCUT2D eigenvalue weighted by molar-refractivity contribution is 7.15. The number of carbonyl (C=O) groups is 1. The number of amides is 1. The van der Waals surface area contributed by atoms with Gasteiger partial charge in [-0.3, -0.25) is 4.90 Å². The predicted molar refractivity (Wildman–Crippen MR) is 137 cm³/mol. The van der Waals surface area contributed by atoms with E-state index in [1.54, 1.807) is 16.2 Å². The Kier molecular flexibility index (Phi) is 6.00.